The first-order valence-electron chi connectivity index (χ1n) is 9.71. The lowest BCUT2D eigenvalue weighted by Gasteiger charge is -2.25. The molecule has 1 saturated heterocycles. The van der Waals surface area contributed by atoms with Crippen molar-refractivity contribution in [3.05, 3.63) is 95.6 Å². The van der Waals surface area contributed by atoms with E-state index in [1.165, 1.54) is 41.3 Å². The summed E-state index contributed by atoms with van der Waals surface area (Å²) in [7, 11) is 0. The van der Waals surface area contributed by atoms with Crippen molar-refractivity contribution in [2.75, 3.05) is 6.54 Å². The van der Waals surface area contributed by atoms with E-state index >= 15 is 0 Å². The molecule has 0 saturated carbocycles. The number of aliphatic hydroxyl groups excluding tert-OH is 1. The molecule has 1 atom stereocenters. The number of rotatable bonds is 6. The number of Topliss-reactive ketones (excluding diaryl/α,β-unsaturated/α-hetero) is 1. The van der Waals surface area contributed by atoms with Crippen molar-refractivity contribution >= 4 is 17.4 Å². The summed E-state index contributed by atoms with van der Waals surface area (Å²) in [6, 6.07) is 9.52. The molecule has 4 rings (SSSR count). The summed E-state index contributed by atoms with van der Waals surface area (Å²) in [5.41, 5.74) is 0.600. The van der Waals surface area contributed by atoms with Crippen LogP contribution in [0.5, 0.6) is 0 Å². The van der Waals surface area contributed by atoms with E-state index in [2.05, 4.69) is 4.98 Å². The topological polar surface area (TPSA) is 75.4 Å². The van der Waals surface area contributed by atoms with Crippen LogP contribution >= 0.6 is 0 Å². The Morgan fingerprint density at radius 1 is 0.968 bits per heavy atom. The van der Waals surface area contributed by atoms with Crippen LogP contribution < -0.4 is 0 Å². The number of hydrogen-bond acceptors (Lipinski definition) is 4. The maximum absolute atomic E-state index is 13.5. The Labute approximate surface area is 177 Å². The lowest BCUT2D eigenvalue weighted by atomic mass is 9.95. The van der Waals surface area contributed by atoms with Crippen molar-refractivity contribution in [3.8, 4) is 0 Å². The fourth-order valence-corrected chi connectivity index (χ4v) is 3.71. The molecule has 1 aliphatic rings. The molecule has 6 nitrogen and oxygen atoms in total. The Morgan fingerprint density at radius 2 is 1.61 bits per heavy atom. The Bertz CT molecular complexity index is 1120. The number of aromatic nitrogens is 2. The van der Waals surface area contributed by atoms with E-state index in [4.69, 9.17) is 0 Å². The molecule has 1 aliphatic heterocycles. The van der Waals surface area contributed by atoms with Gasteiger partial charge in [-0.3, -0.25) is 9.59 Å². The highest BCUT2D eigenvalue weighted by Gasteiger charge is 2.45. The van der Waals surface area contributed by atoms with Crippen molar-refractivity contribution in [1.29, 1.82) is 0 Å². The summed E-state index contributed by atoms with van der Waals surface area (Å²) in [4.78, 5) is 31.0. The first kappa shape index (κ1) is 20.5. The van der Waals surface area contributed by atoms with Gasteiger partial charge in [0, 0.05) is 31.0 Å². The van der Waals surface area contributed by atoms with E-state index in [1.807, 2.05) is 4.57 Å². The van der Waals surface area contributed by atoms with E-state index in [0.717, 1.165) is 12.1 Å². The molecule has 1 fully saturated rings. The molecular weight excluding hydrogens is 404 g/mol. The minimum Gasteiger partial charge on any atom is -0.507 e. The summed E-state index contributed by atoms with van der Waals surface area (Å²) in [5, 5.41) is 10.9. The minimum absolute atomic E-state index is 0.106. The zero-order valence-corrected chi connectivity index (χ0v) is 16.4. The Kier molecular flexibility index (Phi) is 5.62. The van der Waals surface area contributed by atoms with Crippen LogP contribution in [0.3, 0.4) is 0 Å². The molecular formula is C23H19F2N3O3. The number of ketones is 1. The predicted molar refractivity (Wildman–Crippen MR) is 109 cm³/mol. The number of carbonyl (C=O) groups excluding carboxylic acids is 2. The molecule has 8 heteroatoms. The monoisotopic (exact) mass is 423 g/mol. The van der Waals surface area contributed by atoms with Crippen molar-refractivity contribution in [3.63, 3.8) is 0 Å². The molecule has 1 unspecified atom stereocenters. The molecule has 2 aromatic carbocycles. The van der Waals surface area contributed by atoms with E-state index in [1.54, 1.807) is 18.7 Å². The summed E-state index contributed by atoms with van der Waals surface area (Å²) in [5.74, 6) is -2.93. The highest BCUT2D eigenvalue weighted by molar-refractivity contribution is 6.46. The van der Waals surface area contributed by atoms with Gasteiger partial charge in [0.25, 0.3) is 11.7 Å². The van der Waals surface area contributed by atoms with Gasteiger partial charge in [-0.05, 0) is 48.4 Å². The first-order chi connectivity index (χ1) is 15.0. The number of halogens is 2. The molecule has 0 bridgehead atoms. The highest BCUT2D eigenvalue weighted by Crippen LogP contribution is 2.39. The van der Waals surface area contributed by atoms with Crippen molar-refractivity contribution in [2.45, 2.75) is 19.0 Å². The molecule has 31 heavy (non-hydrogen) atoms. The molecule has 0 spiro atoms. The van der Waals surface area contributed by atoms with E-state index in [9.17, 15) is 23.5 Å². The summed E-state index contributed by atoms with van der Waals surface area (Å²) < 4.78 is 28.6. The normalized spacial score (nSPS) is 18.0. The Hall–Kier alpha value is -3.81. The van der Waals surface area contributed by atoms with Crippen LogP contribution in [0.2, 0.25) is 0 Å². The maximum Gasteiger partial charge on any atom is 0.295 e. The SMILES string of the molecule is O=C1C(=O)N(CCCn2ccnc2)C(c2ccc(F)cc2)/C1=C(\O)c1ccc(F)cc1. The molecule has 1 aromatic heterocycles. The Balaban J connectivity index is 1.72. The number of nitrogens with zero attached hydrogens (tertiary/aromatic N) is 3. The van der Waals surface area contributed by atoms with Gasteiger partial charge in [0.15, 0.2) is 0 Å². The third-order valence-electron chi connectivity index (χ3n) is 5.22. The number of benzene rings is 2. The molecule has 2 heterocycles. The zero-order chi connectivity index (χ0) is 22.0. The smallest absolute Gasteiger partial charge is 0.295 e. The van der Waals surface area contributed by atoms with Crippen molar-refractivity contribution < 1.29 is 23.5 Å². The number of imidazole rings is 1. The number of hydrogen-bond donors (Lipinski definition) is 1. The quantitative estimate of drug-likeness (QED) is 0.373. The molecule has 0 aliphatic carbocycles. The van der Waals surface area contributed by atoms with Gasteiger partial charge in [-0.15, -0.1) is 0 Å². The molecule has 1 N–H and O–H groups in total. The van der Waals surface area contributed by atoms with E-state index in [0.29, 0.717) is 18.5 Å². The van der Waals surface area contributed by atoms with Gasteiger partial charge >= 0.3 is 0 Å². The van der Waals surface area contributed by atoms with E-state index in [-0.39, 0.29) is 17.7 Å². The van der Waals surface area contributed by atoms with Gasteiger partial charge in [-0.2, -0.15) is 0 Å². The molecule has 1 amide bonds. The second-order valence-electron chi connectivity index (χ2n) is 7.20. The van der Waals surface area contributed by atoms with Crippen LogP contribution in [-0.2, 0) is 16.1 Å². The third-order valence-corrected chi connectivity index (χ3v) is 5.22. The fraction of sp³-hybridized carbons (Fsp3) is 0.174. The standard InChI is InChI=1S/C23H19F2N3O3/c24-17-6-2-15(3-7-17)20-19(21(29)16-4-8-18(25)9-5-16)22(30)23(31)28(20)12-1-11-27-13-10-26-14-27/h2-10,13-14,20,29H,1,11-12H2/b21-19+. The van der Waals surface area contributed by atoms with E-state index < -0.39 is 35.1 Å². The number of aliphatic hydroxyl groups is 1. The van der Waals surface area contributed by atoms with Crippen molar-refractivity contribution in [2.24, 2.45) is 0 Å². The zero-order valence-electron chi connectivity index (χ0n) is 16.4. The number of likely N-dealkylation sites (tertiary alicyclic amines) is 1. The van der Waals surface area contributed by atoms with Gasteiger partial charge in [0.05, 0.1) is 17.9 Å². The van der Waals surface area contributed by atoms with Gasteiger partial charge in [-0.1, -0.05) is 12.1 Å². The van der Waals surface area contributed by atoms with Crippen LogP contribution in [0.15, 0.2) is 72.8 Å². The largest absolute Gasteiger partial charge is 0.507 e. The predicted octanol–water partition coefficient (Wildman–Crippen LogP) is 3.67. The van der Waals surface area contributed by atoms with Crippen LogP contribution in [-0.4, -0.2) is 37.8 Å². The average molecular weight is 423 g/mol. The van der Waals surface area contributed by atoms with Crippen LogP contribution in [0, 0.1) is 11.6 Å². The number of amides is 1. The summed E-state index contributed by atoms with van der Waals surface area (Å²) in [6.45, 7) is 0.822. The lowest BCUT2D eigenvalue weighted by molar-refractivity contribution is -0.139. The maximum atomic E-state index is 13.5. The van der Waals surface area contributed by atoms with Crippen molar-refractivity contribution in [1.82, 2.24) is 14.5 Å². The number of aryl methyl sites for hydroxylation is 1. The van der Waals surface area contributed by atoms with Crippen LogP contribution in [0.25, 0.3) is 5.76 Å². The molecule has 158 valence electrons. The molecule has 3 aromatic rings. The summed E-state index contributed by atoms with van der Waals surface area (Å²) >= 11 is 0. The number of carbonyl (C=O) groups is 2. The van der Waals surface area contributed by atoms with Gasteiger partial charge in [0.1, 0.15) is 17.4 Å². The van der Waals surface area contributed by atoms with Crippen LogP contribution in [0.4, 0.5) is 8.78 Å². The molecule has 0 radical (unpaired) electrons. The van der Waals surface area contributed by atoms with Crippen LogP contribution in [0.1, 0.15) is 23.6 Å². The lowest BCUT2D eigenvalue weighted by Crippen LogP contribution is -2.31. The van der Waals surface area contributed by atoms with Gasteiger partial charge in [0.2, 0.25) is 0 Å². The second-order valence-corrected chi connectivity index (χ2v) is 7.20. The minimum atomic E-state index is -0.881. The second kappa shape index (κ2) is 8.51. The average Bonchev–Trinajstić information content (AvgIpc) is 3.37. The third kappa shape index (κ3) is 4.09. The fourth-order valence-electron chi connectivity index (χ4n) is 3.71. The summed E-state index contributed by atoms with van der Waals surface area (Å²) in [6.07, 6.45) is 5.63. The highest BCUT2D eigenvalue weighted by atomic mass is 19.1. The van der Waals surface area contributed by atoms with Gasteiger partial charge < -0.3 is 14.6 Å². The van der Waals surface area contributed by atoms with Gasteiger partial charge in [-0.25, -0.2) is 13.8 Å². The first-order valence-corrected chi connectivity index (χ1v) is 9.71. The Morgan fingerprint density at radius 3 is 2.23 bits per heavy atom.